The summed E-state index contributed by atoms with van der Waals surface area (Å²) in [5.41, 5.74) is 1.99. The third kappa shape index (κ3) is 4.01. The zero-order valence-corrected chi connectivity index (χ0v) is 19.7. The Hall–Kier alpha value is -3.45. The van der Waals surface area contributed by atoms with Crippen molar-refractivity contribution in [2.75, 3.05) is 18.0 Å². The van der Waals surface area contributed by atoms with Gasteiger partial charge in [-0.05, 0) is 55.2 Å². The van der Waals surface area contributed by atoms with Crippen LogP contribution in [0.2, 0.25) is 0 Å². The van der Waals surface area contributed by atoms with Gasteiger partial charge in [0.2, 0.25) is 15.3 Å². The Morgan fingerprint density at radius 1 is 0.941 bits per heavy atom. The van der Waals surface area contributed by atoms with Gasteiger partial charge in [-0.25, -0.2) is 12.8 Å². The lowest BCUT2D eigenvalue weighted by Crippen LogP contribution is -2.22. The van der Waals surface area contributed by atoms with Crippen molar-refractivity contribution in [2.45, 2.75) is 36.1 Å². The molecule has 7 heteroatoms. The Balaban J connectivity index is 1.77. The van der Waals surface area contributed by atoms with E-state index in [2.05, 4.69) is 0 Å². The Labute approximate surface area is 198 Å². The number of hydrogen-bond acceptors (Lipinski definition) is 4. The van der Waals surface area contributed by atoms with Gasteiger partial charge in [0.15, 0.2) is 0 Å². The van der Waals surface area contributed by atoms with Gasteiger partial charge < -0.3 is 9.47 Å². The first kappa shape index (κ1) is 22.3. The normalized spacial score (nSPS) is 14.1. The highest BCUT2D eigenvalue weighted by Gasteiger charge is 2.26. The molecule has 1 aromatic heterocycles. The monoisotopic (exact) mass is 476 g/mol. The lowest BCUT2D eigenvalue weighted by Gasteiger charge is -2.21. The van der Waals surface area contributed by atoms with E-state index in [1.807, 2.05) is 35.2 Å². The van der Waals surface area contributed by atoms with Crippen molar-refractivity contribution in [3.8, 4) is 0 Å². The van der Waals surface area contributed by atoms with Crippen molar-refractivity contribution >= 4 is 26.4 Å². The summed E-state index contributed by atoms with van der Waals surface area (Å²) in [6.45, 7) is 3.65. The minimum atomic E-state index is -4.10. The number of anilines is 1. The van der Waals surface area contributed by atoms with E-state index in [1.165, 1.54) is 24.4 Å². The number of aryl methyl sites for hydroxylation is 1. The molecule has 0 bridgehead atoms. The number of halogens is 1. The lowest BCUT2D eigenvalue weighted by atomic mass is 10.1. The van der Waals surface area contributed by atoms with Crippen molar-refractivity contribution in [3.63, 3.8) is 0 Å². The fourth-order valence-electron chi connectivity index (χ4n) is 4.58. The Bertz CT molecular complexity index is 1540. The highest BCUT2D eigenvalue weighted by Crippen LogP contribution is 2.30. The molecule has 0 spiro atoms. The standard InChI is InChI=1S/C27H25FN2O3S/c1-19-8-7-11-21(14-19)34(32,33)26-18-30(17-20-9-3-2-4-10-20)24-16-25(29-12-5-6-13-29)23(28)15-22(24)27(26)31/h2-4,7-11,14-16,18H,5-6,12-13,17H2,1H3. The van der Waals surface area contributed by atoms with Gasteiger partial charge >= 0.3 is 0 Å². The molecule has 2 heterocycles. The summed E-state index contributed by atoms with van der Waals surface area (Å²) in [5, 5.41) is 0.0603. The maximum atomic E-state index is 15.2. The first-order valence-corrected chi connectivity index (χ1v) is 12.8. The topological polar surface area (TPSA) is 59.4 Å². The Morgan fingerprint density at radius 2 is 1.68 bits per heavy atom. The van der Waals surface area contributed by atoms with E-state index in [4.69, 9.17) is 0 Å². The van der Waals surface area contributed by atoms with Gasteiger partial charge in [-0.2, -0.15) is 0 Å². The Morgan fingerprint density at radius 3 is 2.38 bits per heavy atom. The average molecular weight is 477 g/mol. The van der Waals surface area contributed by atoms with Crippen LogP contribution in [0.1, 0.15) is 24.0 Å². The quantitative estimate of drug-likeness (QED) is 0.410. The van der Waals surface area contributed by atoms with Crippen LogP contribution in [0.4, 0.5) is 10.1 Å². The number of aromatic nitrogens is 1. The van der Waals surface area contributed by atoms with Gasteiger partial charge in [0, 0.05) is 25.8 Å². The van der Waals surface area contributed by atoms with E-state index in [0.29, 0.717) is 17.7 Å². The summed E-state index contributed by atoms with van der Waals surface area (Å²) in [6, 6.07) is 18.9. The van der Waals surface area contributed by atoms with Gasteiger partial charge in [0.25, 0.3) is 0 Å². The number of nitrogens with zero attached hydrogens (tertiary/aromatic N) is 2. The minimum absolute atomic E-state index is 0.0457. The van der Waals surface area contributed by atoms with Gasteiger partial charge in [0.1, 0.15) is 10.7 Å². The molecular weight excluding hydrogens is 451 g/mol. The van der Waals surface area contributed by atoms with Crippen molar-refractivity contribution in [3.05, 3.63) is 100 Å². The fraction of sp³-hybridized carbons (Fsp3) is 0.222. The maximum Gasteiger partial charge on any atom is 0.211 e. The molecule has 4 aromatic rings. The lowest BCUT2D eigenvalue weighted by molar-refractivity contribution is 0.593. The summed E-state index contributed by atoms with van der Waals surface area (Å²) < 4.78 is 43.9. The molecule has 174 valence electrons. The number of fused-ring (bicyclic) bond motifs is 1. The summed E-state index contributed by atoms with van der Waals surface area (Å²) >= 11 is 0. The average Bonchev–Trinajstić information content (AvgIpc) is 3.36. The van der Waals surface area contributed by atoms with E-state index < -0.39 is 21.1 Å². The molecule has 0 radical (unpaired) electrons. The van der Waals surface area contributed by atoms with Crippen LogP contribution < -0.4 is 10.3 Å². The molecular formula is C27H25FN2O3S. The molecule has 1 aliphatic heterocycles. The molecule has 3 aromatic carbocycles. The maximum absolute atomic E-state index is 15.2. The second-order valence-electron chi connectivity index (χ2n) is 8.77. The molecule has 1 aliphatic rings. The summed E-state index contributed by atoms with van der Waals surface area (Å²) in [6.07, 6.45) is 3.38. The summed E-state index contributed by atoms with van der Waals surface area (Å²) in [4.78, 5) is 15.1. The zero-order chi connectivity index (χ0) is 23.9. The van der Waals surface area contributed by atoms with Crippen molar-refractivity contribution in [2.24, 2.45) is 0 Å². The molecule has 5 rings (SSSR count). The van der Waals surface area contributed by atoms with E-state index >= 15 is 4.39 Å². The highest BCUT2D eigenvalue weighted by molar-refractivity contribution is 7.91. The number of hydrogen-bond donors (Lipinski definition) is 0. The van der Waals surface area contributed by atoms with Crippen LogP contribution in [0, 0.1) is 12.7 Å². The third-order valence-corrected chi connectivity index (χ3v) is 8.09. The van der Waals surface area contributed by atoms with Gasteiger partial charge in [-0.15, -0.1) is 0 Å². The van der Waals surface area contributed by atoms with Crippen LogP contribution in [0.25, 0.3) is 10.9 Å². The molecule has 0 atom stereocenters. The third-order valence-electron chi connectivity index (χ3n) is 6.35. The molecule has 1 fully saturated rings. The van der Waals surface area contributed by atoms with Crippen molar-refractivity contribution < 1.29 is 12.8 Å². The highest BCUT2D eigenvalue weighted by atomic mass is 32.2. The molecule has 0 unspecified atom stereocenters. The number of rotatable bonds is 5. The van der Waals surface area contributed by atoms with Crippen LogP contribution in [0.15, 0.2) is 87.5 Å². The number of benzene rings is 3. The van der Waals surface area contributed by atoms with Crippen LogP contribution in [-0.2, 0) is 16.4 Å². The van der Waals surface area contributed by atoms with Gasteiger partial charge in [-0.3, -0.25) is 4.79 Å². The van der Waals surface area contributed by atoms with E-state index in [0.717, 1.165) is 37.1 Å². The zero-order valence-electron chi connectivity index (χ0n) is 18.9. The van der Waals surface area contributed by atoms with Gasteiger partial charge in [0.05, 0.1) is 21.5 Å². The largest absolute Gasteiger partial charge is 0.369 e. The fourth-order valence-corrected chi connectivity index (χ4v) is 6.06. The van der Waals surface area contributed by atoms with Crippen LogP contribution in [-0.4, -0.2) is 26.1 Å². The summed E-state index contributed by atoms with van der Waals surface area (Å²) in [7, 11) is -4.10. The first-order valence-electron chi connectivity index (χ1n) is 11.3. The second kappa shape index (κ2) is 8.72. The van der Waals surface area contributed by atoms with E-state index in [9.17, 15) is 13.2 Å². The predicted octanol–water partition coefficient (Wildman–Crippen LogP) is 4.93. The number of sulfone groups is 1. The predicted molar refractivity (Wildman–Crippen MR) is 132 cm³/mol. The first-order chi connectivity index (χ1) is 16.3. The Kier molecular flexibility index (Phi) is 5.73. The van der Waals surface area contributed by atoms with E-state index in [1.54, 1.807) is 29.7 Å². The van der Waals surface area contributed by atoms with Crippen LogP contribution >= 0.6 is 0 Å². The van der Waals surface area contributed by atoms with Crippen LogP contribution in [0.3, 0.4) is 0 Å². The SMILES string of the molecule is Cc1cccc(S(=O)(=O)c2cn(Cc3ccccc3)c3cc(N4CCCC4)c(F)cc3c2=O)c1. The smallest absolute Gasteiger partial charge is 0.211 e. The van der Waals surface area contributed by atoms with Gasteiger partial charge in [-0.1, -0.05) is 42.5 Å². The number of pyridine rings is 1. The molecule has 1 saturated heterocycles. The molecule has 0 aliphatic carbocycles. The molecule has 5 nitrogen and oxygen atoms in total. The second-order valence-corrected chi connectivity index (χ2v) is 10.7. The summed E-state index contributed by atoms with van der Waals surface area (Å²) in [5.74, 6) is -0.511. The molecule has 34 heavy (non-hydrogen) atoms. The van der Waals surface area contributed by atoms with Crippen molar-refractivity contribution in [1.29, 1.82) is 0 Å². The van der Waals surface area contributed by atoms with Crippen molar-refractivity contribution in [1.82, 2.24) is 4.57 Å². The molecule has 0 N–H and O–H groups in total. The van der Waals surface area contributed by atoms with E-state index in [-0.39, 0.29) is 15.2 Å². The minimum Gasteiger partial charge on any atom is -0.369 e. The van der Waals surface area contributed by atoms with Crippen LogP contribution in [0.5, 0.6) is 0 Å². The molecule has 0 saturated carbocycles. The molecule has 0 amide bonds.